The number of piperidine rings is 1. The number of thiazole rings is 1. The Morgan fingerprint density at radius 2 is 1.84 bits per heavy atom. The Labute approximate surface area is 190 Å². The van der Waals surface area contributed by atoms with Crippen molar-refractivity contribution in [2.24, 2.45) is 0 Å². The number of carbonyl (C=O) groups is 1. The number of amides is 1. The van der Waals surface area contributed by atoms with Crippen molar-refractivity contribution in [3.05, 3.63) is 72.4 Å². The number of rotatable bonds is 5. The number of aromatic nitrogens is 2. The van der Waals surface area contributed by atoms with Crippen molar-refractivity contribution in [3.63, 3.8) is 0 Å². The molecule has 1 amide bonds. The number of hydrogen-bond donors (Lipinski definition) is 1. The van der Waals surface area contributed by atoms with E-state index in [4.69, 9.17) is 4.74 Å². The van der Waals surface area contributed by atoms with Crippen LogP contribution in [0.15, 0.2) is 66.9 Å². The summed E-state index contributed by atoms with van der Waals surface area (Å²) in [4.78, 5) is 22.6. The minimum Gasteiger partial charge on any atom is -0.439 e. The number of nitrogens with one attached hydrogen (secondary N) is 1. The number of benzene rings is 2. The molecule has 7 heteroatoms. The molecule has 162 valence electrons. The number of ether oxygens (including phenoxy) is 1. The van der Waals surface area contributed by atoms with Crippen LogP contribution < -0.4 is 10.1 Å². The van der Waals surface area contributed by atoms with Crippen molar-refractivity contribution < 1.29 is 9.53 Å². The largest absolute Gasteiger partial charge is 0.439 e. The molecule has 1 aliphatic rings. The van der Waals surface area contributed by atoms with E-state index >= 15 is 0 Å². The predicted molar refractivity (Wildman–Crippen MR) is 128 cm³/mol. The lowest BCUT2D eigenvalue weighted by molar-refractivity contribution is -0.129. The van der Waals surface area contributed by atoms with Gasteiger partial charge in [-0.25, -0.2) is 9.97 Å². The summed E-state index contributed by atoms with van der Waals surface area (Å²) < 4.78 is 7.32. The monoisotopic (exact) mass is 444 g/mol. The van der Waals surface area contributed by atoms with Gasteiger partial charge in [-0.15, -0.1) is 0 Å². The molecule has 0 unspecified atom stereocenters. The van der Waals surface area contributed by atoms with Crippen molar-refractivity contribution in [2.75, 3.05) is 18.4 Å². The van der Waals surface area contributed by atoms with E-state index in [-0.39, 0.29) is 5.91 Å². The molecule has 6 nitrogen and oxygen atoms in total. The molecule has 0 spiro atoms. The first-order valence-corrected chi connectivity index (χ1v) is 11.6. The van der Waals surface area contributed by atoms with Gasteiger partial charge in [0.15, 0.2) is 5.13 Å². The van der Waals surface area contributed by atoms with Gasteiger partial charge in [-0.1, -0.05) is 29.5 Å². The Morgan fingerprint density at radius 1 is 1.06 bits per heavy atom. The molecule has 0 aliphatic carbocycles. The smallest absolute Gasteiger partial charge is 0.222 e. The highest BCUT2D eigenvalue weighted by molar-refractivity contribution is 7.22. The summed E-state index contributed by atoms with van der Waals surface area (Å²) >= 11 is 1.63. The fourth-order valence-electron chi connectivity index (χ4n) is 4.07. The van der Waals surface area contributed by atoms with Crippen molar-refractivity contribution in [3.8, 4) is 11.6 Å². The SMILES string of the molecule is CC(=O)N1CCC(c2cccnc2Oc2ccc(Nc3nc4ccccc4s3)cc2)CC1. The molecular formula is C25H24N4O2S. The second kappa shape index (κ2) is 8.96. The minimum atomic E-state index is 0.144. The van der Waals surface area contributed by atoms with Crippen molar-refractivity contribution in [1.82, 2.24) is 14.9 Å². The first-order valence-electron chi connectivity index (χ1n) is 10.8. The maximum Gasteiger partial charge on any atom is 0.222 e. The quantitative estimate of drug-likeness (QED) is 0.412. The van der Waals surface area contributed by atoms with Gasteiger partial charge in [0, 0.05) is 37.5 Å². The standard InChI is InChI=1S/C25H24N4O2S/c1-17(30)29-15-12-18(13-16-29)21-5-4-14-26-24(21)31-20-10-8-19(9-11-20)27-25-28-22-6-2-3-7-23(22)32-25/h2-11,14,18H,12-13,15-16H2,1H3,(H,27,28). The van der Waals surface area contributed by atoms with Crippen LogP contribution in [0.25, 0.3) is 10.2 Å². The lowest BCUT2D eigenvalue weighted by atomic mass is 9.90. The molecule has 0 radical (unpaired) electrons. The van der Waals surface area contributed by atoms with Crippen LogP contribution in [0.5, 0.6) is 11.6 Å². The normalized spacial score (nSPS) is 14.5. The third kappa shape index (κ3) is 4.43. The van der Waals surface area contributed by atoms with E-state index in [0.717, 1.165) is 58.3 Å². The number of likely N-dealkylation sites (tertiary alicyclic amines) is 1. The van der Waals surface area contributed by atoms with E-state index < -0.39 is 0 Å². The second-order valence-corrected chi connectivity index (χ2v) is 8.95. The van der Waals surface area contributed by atoms with Gasteiger partial charge < -0.3 is 15.0 Å². The number of para-hydroxylation sites is 1. The molecule has 1 aliphatic heterocycles. The second-order valence-electron chi connectivity index (χ2n) is 7.92. The number of anilines is 2. The number of pyridine rings is 1. The van der Waals surface area contributed by atoms with Crippen LogP contribution >= 0.6 is 11.3 Å². The summed E-state index contributed by atoms with van der Waals surface area (Å²) in [6, 6.07) is 20.0. The van der Waals surface area contributed by atoms with Gasteiger partial charge >= 0.3 is 0 Å². The molecule has 2 aromatic heterocycles. The van der Waals surface area contributed by atoms with Gasteiger partial charge in [-0.2, -0.15) is 0 Å². The van der Waals surface area contributed by atoms with Crippen LogP contribution in [0.2, 0.25) is 0 Å². The van der Waals surface area contributed by atoms with Gasteiger partial charge in [0.25, 0.3) is 0 Å². The van der Waals surface area contributed by atoms with Gasteiger partial charge in [-0.3, -0.25) is 4.79 Å². The Balaban J connectivity index is 1.27. The summed E-state index contributed by atoms with van der Waals surface area (Å²) in [5.74, 6) is 1.86. The summed E-state index contributed by atoms with van der Waals surface area (Å²) in [6.45, 7) is 3.19. The maximum atomic E-state index is 11.6. The van der Waals surface area contributed by atoms with Crippen LogP contribution in [-0.2, 0) is 4.79 Å². The number of nitrogens with zero attached hydrogens (tertiary/aromatic N) is 3. The molecule has 1 saturated heterocycles. The van der Waals surface area contributed by atoms with Crippen LogP contribution in [-0.4, -0.2) is 33.9 Å². The van der Waals surface area contributed by atoms with Crippen LogP contribution in [0.4, 0.5) is 10.8 Å². The Hall–Kier alpha value is -3.45. The third-order valence-corrected chi connectivity index (χ3v) is 6.75. The lowest BCUT2D eigenvalue weighted by Gasteiger charge is -2.31. The van der Waals surface area contributed by atoms with Crippen LogP contribution in [0.1, 0.15) is 31.2 Å². The number of carbonyl (C=O) groups excluding carboxylic acids is 1. The highest BCUT2D eigenvalue weighted by atomic mass is 32.1. The van der Waals surface area contributed by atoms with E-state index in [9.17, 15) is 4.79 Å². The van der Waals surface area contributed by atoms with Crippen molar-refractivity contribution in [1.29, 1.82) is 0 Å². The molecule has 1 N–H and O–H groups in total. The number of hydrogen-bond acceptors (Lipinski definition) is 6. The van der Waals surface area contributed by atoms with Crippen LogP contribution in [0, 0.1) is 0 Å². The minimum absolute atomic E-state index is 0.144. The molecule has 0 atom stereocenters. The topological polar surface area (TPSA) is 67.4 Å². The third-order valence-electron chi connectivity index (χ3n) is 5.79. The zero-order valence-corrected chi connectivity index (χ0v) is 18.6. The molecular weight excluding hydrogens is 420 g/mol. The molecule has 2 aromatic carbocycles. The zero-order valence-electron chi connectivity index (χ0n) is 17.8. The average molecular weight is 445 g/mol. The van der Waals surface area contributed by atoms with E-state index in [1.165, 1.54) is 0 Å². The summed E-state index contributed by atoms with van der Waals surface area (Å²) in [6.07, 6.45) is 3.60. The Morgan fingerprint density at radius 3 is 2.59 bits per heavy atom. The Bertz CT molecular complexity index is 1200. The fraction of sp³-hybridized carbons (Fsp3) is 0.240. The average Bonchev–Trinajstić information content (AvgIpc) is 3.23. The first-order chi connectivity index (χ1) is 15.7. The highest BCUT2D eigenvalue weighted by Crippen LogP contribution is 2.35. The van der Waals surface area contributed by atoms with Gasteiger partial charge in [-0.05, 0) is 61.2 Å². The molecule has 32 heavy (non-hydrogen) atoms. The van der Waals surface area contributed by atoms with Gasteiger partial charge in [0.05, 0.1) is 10.2 Å². The molecule has 0 bridgehead atoms. The molecule has 3 heterocycles. The van der Waals surface area contributed by atoms with Gasteiger partial charge in [0.2, 0.25) is 11.8 Å². The molecule has 0 saturated carbocycles. The maximum absolute atomic E-state index is 11.6. The van der Waals surface area contributed by atoms with E-state index in [0.29, 0.717) is 11.8 Å². The first kappa shape index (κ1) is 20.5. The Kier molecular flexibility index (Phi) is 5.73. The molecule has 5 rings (SSSR count). The van der Waals surface area contributed by atoms with Crippen molar-refractivity contribution in [2.45, 2.75) is 25.7 Å². The van der Waals surface area contributed by atoms with E-state index in [1.54, 1.807) is 24.5 Å². The van der Waals surface area contributed by atoms with E-state index in [2.05, 4.69) is 27.4 Å². The van der Waals surface area contributed by atoms with Gasteiger partial charge in [0.1, 0.15) is 5.75 Å². The predicted octanol–water partition coefficient (Wildman–Crippen LogP) is 5.95. The highest BCUT2D eigenvalue weighted by Gasteiger charge is 2.24. The summed E-state index contributed by atoms with van der Waals surface area (Å²) in [5.41, 5.74) is 3.05. The molecule has 1 fully saturated rings. The van der Waals surface area contributed by atoms with Crippen LogP contribution in [0.3, 0.4) is 0 Å². The molecule has 4 aromatic rings. The lowest BCUT2D eigenvalue weighted by Crippen LogP contribution is -2.36. The van der Waals surface area contributed by atoms with E-state index in [1.807, 2.05) is 53.4 Å². The fourth-order valence-corrected chi connectivity index (χ4v) is 4.96. The van der Waals surface area contributed by atoms with Crippen molar-refractivity contribution >= 4 is 38.3 Å². The zero-order chi connectivity index (χ0) is 21.9. The summed E-state index contributed by atoms with van der Waals surface area (Å²) in [5, 5.41) is 4.23. The summed E-state index contributed by atoms with van der Waals surface area (Å²) in [7, 11) is 0. The number of fused-ring (bicyclic) bond motifs is 1.